The Morgan fingerprint density at radius 2 is 0.877 bits per heavy atom. The van der Waals surface area contributed by atoms with Gasteiger partial charge in [0.15, 0.2) is 0 Å². The predicted octanol–water partition coefficient (Wildman–Crippen LogP) is 13.7. The van der Waals surface area contributed by atoms with E-state index in [9.17, 15) is 0 Å². The molecule has 1 atom stereocenters. The standard InChI is InChI=1S/C56H37N/c1-6-18-47-35(12-1)24-29-53-55(47)49-20-8-10-22-51(49)56(53)50-21-9-7-19-48(50)54-38(15-11-23-52(54)56)34-57(41-25-27-45-39(32-41)30-36-13-2-4-16-43(36)45)42-26-28-46-40(33-42)31-37-14-3-5-17-44(37)46/h1-29,32-33H,30-31,34H2. The Morgan fingerprint density at radius 3 is 1.54 bits per heavy atom. The van der Waals surface area contributed by atoms with Crippen molar-refractivity contribution in [1.29, 1.82) is 0 Å². The van der Waals surface area contributed by atoms with E-state index in [1.807, 2.05) is 0 Å². The van der Waals surface area contributed by atoms with Gasteiger partial charge in [-0.05, 0) is 142 Å². The monoisotopic (exact) mass is 723 g/mol. The molecule has 4 aliphatic carbocycles. The van der Waals surface area contributed by atoms with Gasteiger partial charge in [0.05, 0.1) is 5.41 Å². The average molecular weight is 724 g/mol. The molecule has 1 nitrogen and oxygen atoms in total. The van der Waals surface area contributed by atoms with Crippen LogP contribution in [0.2, 0.25) is 0 Å². The van der Waals surface area contributed by atoms with Gasteiger partial charge in [0.1, 0.15) is 0 Å². The van der Waals surface area contributed by atoms with E-state index in [1.165, 1.54) is 117 Å². The van der Waals surface area contributed by atoms with Gasteiger partial charge in [0, 0.05) is 17.9 Å². The smallest absolute Gasteiger partial charge is 0.0725 e. The van der Waals surface area contributed by atoms with E-state index in [0.717, 1.165) is 19.4 Å². The van der Waals surface area contributed by atoms with E-state index in [0.29, 0.717) is 0 Å². The van der Waals surface area contributed by atoms with Crippen LogP contribution in [-0.2, 0) is 24.8 Å². The van der Waals surface area contributed by atoms with Crippen molar-refractivity contribution in [3.05, 3.63) is 238 Å². The molecule has 0 heterocycles. The molecule has 1 unspecified atom stereocenters. The van der Waals surface area contributed by atoms with Crippen molar-refractivity contribution in [2.45, 2.75) is 24.8 Å². The molecule has 0 bridgehead atoms. The van der Waals surface area contributed by atoms with Crippen LogP contribution >= 0.6 is 0 Å². The Bertz CT molecular complexity index is 3090. The Labute approximate surface area is 333 Å². The molecule has 0 N–H and O–H groups in total. The molecule has 9 aromatic rings. The number of anilines is 2. The summed E-state index contributed by atoms with van der Waals surface area (Å²) in [5.41, 5.74) is 25.5. The van der Waals surface area contributed by atoms with Gasteiger partial charge in [0.25, 0.3) is 0 Å². The Morgan fingerprint density at radius 1 is 0.368 bits per heavy atom. The highest BCUT2D eigenvalue weighted by Crippen LogP contribution is 2.64. The van der Waals surface area contributed by atoms with Crippen LogP contribution in [0.3, 0.4) is 0 Å². The lowest BCUT2D eigenvalue weighted by Crippen LogP contribution is -2.26. The second kappa shape index (κ2) is 11.5. The number of benzene rings is 9. The quantitative estimate of drug-likeness (QED) is 0.175. The second-order valence-electron chi connectivity index (χ2n) is 16.3. The predicted molar refractivity (Wildman–Crippen MR) is 235 cm³/mol. The van der Waals surface area contributed by atoms with E-state index in [-0.39, 0.29) is 0 Å². The molecule has 266 valence electrons. The molecule has 0 aromatic heterocycles. The van der Waals surface area contributed by atoms with Crippen LogP contribution in [-0.4, -0.2) is 0 Å². The van der Waals surface area contributed by atoms with E-state index in [1.54, 1.807) is 0 Å². The van der Waals surface area contributed by atoms with Crippen molar-refractivity contribution in [2.75, 3.05) is 4.90 Å². The molecule has 1 heteroatoms. The minimum atomic E-state index is -0.401. The first-order chi connectivity index (χ1) is 28.3. The number of fused-ring (bicyclic) bond motifs is 18. The third kappa shape index (κ3) is 4.18. The molecule has 0 saturated carbocycles. The molecule has 0 saturated heterocycles. The Balaban J connectivity index is 1.02. The van der Waals surface area contributed by atoms with Crippen molar-refractivity contribution in [2.24, 2.45) is 0 Å². The van der Waals surface area contributed by atoms with Gasteiger partial charge in [0.2, 0.25) is 0 Å². The maximum absolute atomic E-state index is 2.58. The summed E-state index contributed by atoms with van der Waals surface area (Å²) in [6, 6.07) is 71.4. The Kier molecular flexibility index (Phi) is 6.33. The summed E-state index contributed by atoms with van der Waals surface area (Å²) in [4.78, 5) is 2.58. The first-order valence-corrected chi connectivity index (χ1v) is 20.3. The molecule has 4 aliphatic rings. The fourth-order valence-electron chi connectivity index (χ4n) is 11.3. The lowest BCUT2D eigenvalue weighted by atomic mass is 9.70. The first kappa shape index (κ1) is 31.3. The molecular formula is C56H37N. The largest absolute Gasteiger partial charge is 0.337 e. The normalized spacial score (nSPS) is 15.7. The van der Waals surface area contributed by atoms with Gasteiger partial charge in [-0.25, -0.2) is 0 Å². The lowest BCUT2D eigenvalue weighted by molar-refractivity contribution is 0.793. The first-order valence-electron chi connectivity index (χ1n) is 20.3. The van der Waals surface area contributed by atoms with Gasteiger partial charge in [-0.2, -0.15) is 0 Å². The van der Waals surface area contributed by atoms with Gasteiger partial charge in [-0.3, -0.25) is 0 Å². The highest BCUT2D eigenvalue weighted by Gasteiger charge is 2.52. The van der Waals surface area contributed by atoms with Crippen LogP contribution in [0.4, 0.5) is 11.4 Å². The summed E-state index contributed by atoms with van der Waals surface area (Å²) in [6.45, 7) is 0.747. The molecule has 0 fully saturated rings. The highest BCUT2D eigenvalue weighted by atomic mass is 15.1. The molecule has 0 radical (unpaired) electrons. The highest BCUT2D eigenvalue weighted by molar-refractivity contribution is 6.06. The average Bonchev–Trinajstić information content (AvgIpc) is 4.00. The SMILES string of the molecule is c1ccc2c(c1)Cc1cc(N(Cc3cccc4c3-c3ccccc3C43c4ccccc4-c4c3ccc3ccccc43)c3ccc4c(c3)Cc3ccccc3-4)ccc1-2. The third-order valence-electron chi connectivity index (χ3n) is 13.6. The van der Waals surface area contributed by atoms with Gasteiger partial charge >= 0.3 is 0 Å². The zero-order valence-corrected chi connectivity index (χ0v) is 31.5. The fraction of sp³-hybridized carbons (Fsp3) is 0.0714. The molecule has 9 aromatic carbocycles. The van der Waals surface area contributed by atoms with Crippen LogP contribution in [0.25, 0.3) is 55.3 Å². The van der Waals surface area contributed by atoms with E-state index >= 15 is 0 Å². The zero-order valence-electron chi connectivity index (χ0n) is 31.5. The van der Waals surface area contributed by atoms with Gasteiger partial charge in [-0.15, -0.1) is 0 Å². The van der Waals surface area contributed by atoms with Crippen molar-refractivity contribution in [3.63, 3.8) is 0 Å². The van der Waals surface area contributed by atoms with Crippen molar-refractivity contribution in [3.8, 4) is 44.5 Å². The number of hydrogen-bond acceptors (Lipinski definition) is 1. The summed E-state index contributed by atoms with van der Waals surface area (Å²) in [6.07, 6.45) is 1.94. The van der Waals surface area contributed by atoms with Gasteiger partial charge in [-0.1, -0.05) is 164 Å². The molecule has 13 rings (SSSR count). The molecule has 1 spiro atoms. The number of rotatable bonds is 4. The fourth-order valence-corrected chi connectivity index (χ4v) is 11.3. The summed E-state index contributed by atoms with van der Waals surface area (Å²) in [5, 5.41) is 2.61. The van der Waals surface area contributed by atoms with Gasteiger partial charge < -0.3 is 4.90 Å². The van der Waals surface area contributed by atoms with Crippen molar-refractivity contribution >= 4 is 22.1 Å². The lowest BCUT2D eigenvalue weighted by Gasteiger charge is -2.31. The van der Waals surface area contributed by atoms with Crippen LogP contribution in [0, 0.1) is 0 Å². The van der Waals surface area contributed by atoms with Crippen LogP contribution < -0.4 is 4.90 Å². The maximum Gasteiger partial charge on any atom is 0.0725 e. The molecule has 0 aliphatic heterocycles. The second-order valence-corrected chi connectivity index (χ2v) is 16.3. The molecular weight excluding hydrogens is 687 g/mol. The summed E-state index contributed by atoms with van der Waals surface area (Å²) in [7, 11) is 0. The summed E-state index contributed by atoms with van der Waals surface area (Å²) >= 11 is 0. The Hall–Kier alpha value is -6.96. The maximum atomic E-state index is 2.58. The van der Waals surface area contributed by atoms with Crippen LogP contribution in [0.1, 0.15) is 50.1 Å². The van der Waals surface area contributed by atoms with E-state index in [2.05, 4.69) is 193 Å². The molecule has 0 amide bonds. The number of nitrogens with zero attached hydrogens (tertiary/aromatic N) is 1. The van der Waals surface area contributed by atoms with E-state index < -0.39 is 5.41 Å². The summed E-state index contributed by atoms with van der Waals surface area (Å²) in [5.74, 6) is 0. The minimum Gasteiger partial charge on any atom is -0.337 e. The summed E-state index contributed by atoms with van der Waals surface area (Å²) < 4.78 is 0. The minimum absolute atomic E-state index is 0.401. The van der Waals surface area contributed by atoms with Crippen LogP contribution in [0.15, 0.2) is 188 Å². The van der Waals surface area contributed by atoms with Crippen molar-refractivity contribution in [1.82, 2.24) is 0 Å². The third-order valence-corrected chi connectivity index (χ3v) is 13.6. The van der Waals surface area contributed by atoms with E-state index in [4.69, 9.17) is 0 Å². The van der Waals surface area contributed by atoms with Crippen molar-refractivity contribution < 1.29 is 0 Å². The zero-order chi connectivity index (χ0) is 37.2. The molecule has 57 heavy (non-hydrogen) atoms. The van der Waals surface area contributed by atoms with Crippen LogP contribution in [0.5, 0.6) is 0 Å². The topological polar surface area (TPSA) is 3.24 Å². The number of hydrogen-bond donors (Lipinski definition) is 0.